The average molecular weight is 374 g/mol. The number of thioether (sulfide) groups is 1. The summed E-state index contributed by atoms with van der Waals surface area (Å²) in [4.78, 5) is 22.2. The van der Waals surface area contributed by atoms with Gasteiger partial charge in [0.05, 0.1) is 24.3 Å². The number of carboxylic acid groups (broad SMARTS) is 1. The Morgan fingerprint density at radius 2 is 2.33 bits per heavy atom. The Hall–Kier alpha value is -2.13. The van der Waals surface area contributed by atoms with Crippen molar-refractivity contribution < 1.29 is 23.8 Å². The lowest BCUT2D eigenvalue weighted by molar-refractivity contribution is -0.138. The number of amides is 1. The van der Waals surface area contributed by atoms with E-state index in [2.05, 4.69) is 15.5 Å². The van der Waals surface area contributed by atoms with Crippen LogP contribution in [0.25, 0.3) is 0 Å². The van der Waals surface area contributed by atoms with E-state index in [0.717, 1.165) is 11.8 Å². The van der Waals surface area contributed by atoms with Crippen molar-refractivity contribution >= 4 is 46.6 Å². The summed E-state index contributed by atoms with van der Waals surface area (Å²) in [6.45, 7) is 2.00. The van der Waals surface area contributed by atoms with Crippen molar-refractivity contribution in [2.24, 2.45) is 10.2 Å². The number of aliphatic carboxylic acids is 1. The number of hydrogen-bond donors (Lipinski definition) is 2. The smallest absolute Gasteiger partial charge is 0.305 e. The van der Waals surface area contributed by atoms with E-state index in [0.29, 0.717) is 5.56 Å². The monoisotopic (exact) mass is 373 g/mol. The SMILES string of the molecule is CCOc1c(F)cc(C=NN=C2NC(=O)C(CC(=O)O)S2)cc1Cl. The molecule has 0 saturated carbocycles. The maximum atomic E-state index is 13.8. The van der Waals surface area contributed by atoms with Gasteiger partial charge in [-0.1, -0.05) is 23.4 Å². The van der Waals surface area contributed by atoms with Gasteiger partial charge in [0.1, 0.15) is 5.25 Å². The van der Waals surface area contributed by atoms with Gasteiger partial charge < -0.3 is 15.2 Å². The Balaban J connectivity index is 2.07. The van der Waals surface area contributed by atoms with E-state index in [1.165, 1.54) is 18.3 Å². The van der Waals surface area contributed by atoms with Crippen LogP contribution in [0.5, 0.6) is 5.75 Å². The zero-order valence-electron chi connectivity index (χ0n) is 12.5. The summed E-state index contributed by atoms with van der Waals surface area (Å²) < 4.78 is 18.9. The number of nitrogens with one attached hydrogen (secondary N) is 1. The Labute approximate surface area is 145 Å². The highest BCUT2D eigenvalue weighted by Gasteiger charge is 2.32. The standard InChI is InChI=1S/C14H13ClFN3O4S/c1-2-23-12-8(15)3-7(4-9(12)16)6-17-19-14-18-13(22)10(24-14)5-11(20)21/h3-4,6,10H,2,5H2,1H3,(H,20,21)(H,18,19,22). The fourth-order valence-corrected chi connectivity index (χ4v) is 3.02. The van der Waals surface area contributed by atoms with Crippen LogP contribution in [0.1, 0.15) is 18.9 Å². The molecule has 0 aromatic heterocycles. The molecule has 1 atom stereocenters. The average Bonchev–Trinajstić information content (AvgIpc) is 2.82. The highest BCUT2D eigenvalue weighted by atomic mass is 35.5. The topological polar surface area (TPSA) is 100 Å². The number of amidine groups is 1. The van der Waals surface area contributed by atoms with Gasteiger partial charge in [-0.2, -0.15) is 5.10 Å². The van der Waals surface area contributed by atoms with Crippen LogP contribution in [0.4, 0.5) is 4.39 Å². The summed E-state index contributed by atoms with van der Waals surface area (Å²) in [5, 5.41) is 18.2. The molecule has 0 spiro atoms. The van der Waals surface area contributed by atoms with Crippen LogP contribution >= 0.6 is 23.4 Å². The summed E-state index contributed by atoms with van der Waals surface area (Å²) in [5.41, 5.74) is 0.363. The molecule has 1 aromatic carbocycles. The minimum atomic E-state index is -1.08. The van der Waals surface area contributed by atoms with E-state index in [1.54, 1.807) is 6.92 Å². The van der Waals surface area contributed by atoms with Crippen molar-refractivity contribution in [3.05, 3.63) is 28.5 Å². The van der Waals surface area contributed by atoms with Crippen molar-refractivity contribution in [2.45, 2.75) is 18.6 Å². The van der Waals surface area contributed by atoms with Crippen LogP contribution in [-0.4, -0.2) is 40.2 Å². The van der Waals surface area contributed by atoms with Crippen LogP contribution in [-0.2, 0) is 9.59 Å². The quantitative estimate of drug-likeness (QED) is 0.588. The number of halogens is 2. The predicted octanol–water partition coefficient (Wildman–Crippen LogP) is 2.27. The molecule has 10 heteroatoms. The normalized spacial score (nSPS) is 19.0. The van der Waals surface area contributed by atoms with E-state index in [1.807, 2.05) is 0 Å². The molecule has 1 aliphatic heterocycles. The van der Waals surface area contributed by atoms with Gasteiger partial charge in [0.15, 0.2) is 16.7 Å². The molecule has 0 aliphatic carbocycles. The molecule has 1 amide bonds. The van der Waals surface area contributed by atoms with Crippen molar-refractivity contribution in [1.82, 2.24) is 5.32 Å². The number of hydrogen-bond acceptors (Lipinski definition) is 6. The van der Waals surface area contributed by atoms with Crippen molar-refractivity contribution in [3.63, 3.8) is 0 Å². The molecule has 1 aromatic rings. The zero-order valence-corrected chi connectivity index (χ0v) is 14.0. The molecule has 24 heavy (non-hydrogen) atoms. The Bertz CT molecular complexity index is 703. The maximum Gasteiger partial charge on any atom is 0.305 e. The number of benzene rings is 1. The van der Waals surface area contributed by atoms with Crippen LogP contribution in [0.2, 0.25) is 5.02 Å². The van der Waals surface area contributed by atoms with E-state index in [-0.39, 0.29) is 29.0 Å². The number of carbonyl (C=O) groups is 2. The first-order valence-corrected chi connectivity index (χ1v) is 8.08. The molecule has 0 bridgehead atoms. The second kappa shape index (κ2) is 8.11. The van der Waals surface area contributed by atoms with Crippen LogP contribution < -0.4 is 10.1 Å². The lowest BCUT2D eigenvalue weighted by Gasteiger charge is -2.07. The minimum absolute atomic E-state index is 0.0299. The Morgan fingerprint density at radius 1 is 1.58 bits per heavy atom. The minimum Gasteiger partial charge on any atom is -0.489 e. The molecule has 2 rings (SSSR count). The fraction of sp³-hybridized carbons (Fsp3) is 0.286. The van der Waals surface area contributed by atoms with E-state index in [4.69, 9.17) is 21.4 Å². The van der Waals surface area contributed by atoms with Crippen molar-refractivity contribution in [3.8, 4) is 5.75 Å². The summed E-state index contributed by atoms with van der Waals surface area (Å²) in [6, 6.07) is 2.65. The van der Waals surface area contributed by atoms with Gasteiger partial charge >= 0.3 is 5.97 Å². The first kappa shape index (κ1) is 18.2. The molecular weight excluding hydrogens is 361 g/mol. The first-order chi connectivity index (χ1) is 11.4. The van der Waals surface area contributed by atoms with Gasteiger partial charge in [-0.25, -0.2) is 4.39 Å². The van der Waals surface area contributed by atoms with Gasteiger partial charge in [0.25, 0.3) is 0 Å². The fourth-order valence-electron chi connectivity index (χ4n) is 1.83. The van der Waals surface area contributed by atoms with Crippen molar-refractivity contribution in [2.75, 3.05) is 6.61 Å². The van der Waals surface area contributed by atoms with Gasteiger partial charge in [-0.15, -0.1) is 5.10 Å². The summed E-state index contributed by atoms with van der Waals surface area (Å²) in [7, 11) is 0. The number of nitrogens with zero attached hydrogens (tertiary/aromatic N) is 2. The number of carbonyl (C=O) groups excluding carboxylic acids is 1. The largest absolute Gasteiger partial charge is 0.489 e. The lowest BCUT2D eigenvalue weighted by atomic mass is 10.2. The maximum absolute atomic E-state index is 13.8. The summed E-state index contributed by atoms with van der Waals surface area (Å²) >= 11 is 6.90. The summed E-state index contributed by atoms with van der Waals surface area (Å²) in [5.74, 6) is -2.17. The third-order valence-corrected chi connectivity index (χ3v) is 4.15. The second-order valence-electron chi connectivity index (χ2n) is 4.59. The molecule has 1 aliphatic rings. The van der Waals surface area contributed by atoms with Gasteiger partial charge in [-0.05, 0) is 24.6 Å². The highest BCUT2D eigenvalue weighted by molar-refractivity contribution is 8.15. The number of rotatable bonds is 6. The number of carboxylic acids is 1. The van der Waals surface area contributed by atoms with Gasteiger partial charge in [0.2, 0.25) is 5.91 Å². The molecule has 7 nitrogen and oxygen atoms in total. The summed E-state index contributed by atoms with van der Waals surface area (Å²) in [6.07, 6.45) is 0.952. The molecular formula is C14H13ClFN3O4S. The van der Waals surface area contributed by atoms with Gasteiger partial charge in [-0.3, -0.25) is 9.59 Å². The zero-order chi connectivity index (χ0) is 17.7. The van der Waals surface area contributed by atoms with Crippen LogP contribution in [0.3, 0.4) is 0 Å². The molecule has 1 unspecified atom stereocenters. The second-order valence-corrected chi connectivity index (χ2v) is 6.19. The molecule has 2 N–H and O–H groups in total. The highest BCUT2D eigenvalue weighted by Crippen LogP contribution is 2.29. The molecule has 1 heterocycles. The lowest BCUT2D eigenvalue weighted by Crippen LogP contribution is -2.26. The molecule has 128 valence electrons. The van der Waals surface area contributed by atoms with Crippen LogP contribution in [0.15, 0.2) is 22.3 Å². The molecule has 1 saturated heterocycles. The third-order valence-electron chi connectivity index (χ3n) is 2.80. The van der Waals surface area contributed by atoms with Crippen LogP contribution in [0, 0.1) is 5.82 Å². The third kappa shape index (κ3) is 4.68. The van der Waals surface area contributed by atoms with Crippen molar-refractivity contribution in [1.29, 1.82) is 0 Å². The van der Waals surface area contributed by atoms with E-state index in [9.17, 15) is 14.0 Å². The first-order valence-electron chi connectivity index (χ1n) is 6.83. The number of ether oxygens (including phenoxy) is 1. The van der Waals surface area contributed by atoms with E-state index < -0.39 is 22.9 Å². The Kier molecular flexibility index (Phi) is 6.16. The molecule has 1 fully saturated rings. The predicted molar refractivity (Wildman–Crippen MR) is 89.4 cm³/mol. The molecule has 0 radical (unpaired) electrons. The Morgan fingerprint density at radius 3 is 2.96 bits per heavy atom. The van der Waals surface area contributed by atoms with Gasteiger partial charge in [0, 0.05) is 0 Å². The van der Waals surface area contributed by atoms with E-state index >= 15 is 0 Å².